The lowest BCUT2D eigenvalue weighted by atomic mass is 9.90. The number of aliphatic hydroxyl groups is 1. The van der Waals surface area contributed by atoms with Gasteiger partial charge in [0.2, 0.25) is 16.3 Å². The number of benzene rings is 3. The molecule has 2 aliphatic heterocycles. The van der Waals surface area contributed by atoms with E-state index in [1.807, 2.05) is 11.0 Å². The summed E-state index contributed by atoms with van der Waals surface area (Å²) in [5.74, 6) is 0.569. The van der Waals surface area contributed by atoms with E-state index >= 15 is 0 Å². The molecule has 6 rings (SSSR count). The second kappa shape index (κ2) is 13.1. The van der Waals surface area contributed by atoms with Gasteiger partial charge in [-0.15, -0.1) is 0 Å². The number of carbonyl (C=O) groups excluding carboxylic acids is 1. The molecule has 3 aromatic rings. The Labute approximate surface area is 258 Å². The molecule has 0 aromatic heterocycles. The maximum absolute atomic E-state index is 13.4. The van der Waals surface area contributed by atoms with Crippen molar-refractivity contribution in [3.05, 3.63) is 95.3 Å². The van der Waals surface area contributed by atoms with Crippen molar-refractivity contribution >= 4 is 15.9 Å². The molecular weight excluding hydrogens is 580 g/mol. The van der Waals surface area contributed by atoms with E-state index in [1.54, 1.807) is 12.1 Å². The van der Waals surface area contributed by atoms with Crippen LogP contribution in [-0.4, -0.2) is 81.4 Å². The van der Waals surface area contributed by atoms with E-state index in [0.29, 0.717) is 25.3 Å². The second-order valence-electron chi connectivity index (χ2n) is 11.3. The summed E-state index contributed by atoms with van der Waals surface area (Å²) in [5.41, 5.74) is 6.16. The Balaban J connectivity index is 1.18. The predicted molar refractivity (Wildman–Crippen MR) is 166 cm³/mol. The third kappa shape index (κ3) is 6.25. The number of allylic oxidation sites excluding steroid dienone is 1. The monoisotopic (exact) mass is 618 g/mol. The molecule has 10 heteroatoms. The number of likely N-dealkylation sites (tertiary alicyclic amines) is 1. The molecule has 1 N–H and O–H groups in total. The summed E-state index contributed by atoms with van der Waals surface area (Å²) in [6.07, 6.45) is 4.46. The topological polar surface area (TPSA) is 106 Å². The normalized spacial score (nSPS) is 19.3. The van der Waals surface area contributed by atoms with E-state index in [0.717, 1.165) is 24.8 Å². The number of carbonyl (C=O) groups is 1. The van der Waals surface area contributed by atoms with Crippen LogP contribution in [0.1, 0.15) is 41.9 Å². The van der Waals surface area contributed by atoms with Crippen molar-refractivity contribution in [3.8, 4) is 16.9 Å². The van der Waals surface area contributed by atoms with Gasteiger partial charge >= 0.3 is 0 Å². The fourth-order valence-electron chi connectivity index (χ4n) is 6.26. The van der Waals surface area contributed by atoms with Crippen molar-refractivity contribution in [2.45, 2.75) is 42.8 Å². The summed E-state index contributed by atoms with van der Waals surface area (Å²) >= 11 is 0. The van der Waals surface area contributed by atoms with Gasteiger partial charge in [0, 0.05) is 38.5 Å². The van der Waals surface area contributed by atoms with Crippen molar-refractivity contribution in [3.63, 3.8) is 0 Å². The average molecular weight is 619 g/mol. The SMILES string of the molecule is COc1ccc(S(=O)(=O)N(CCO)CCO[C@H]2C[C@@H](c3ccc4c(c3)Cc3ccccc3-4)C=C(C(=O)N3CCCC3)O2)cc1. The van der Waals surface area contributed by atoms with Crippen LogP contribution in [0.4, 0.5) is 0 Å². The minimum absolute atomic E-state index is 0.00960. The van der Waals surface area contributed by atoms with Gasteiger partial charge in [-0.1, -0.05) is 42.5 Å². The molecule has 0 bridgehead atoms. The standard InChI is InChI=1S/C34H38N2O7S/c1-41-28-9-11-29(12-10-28)44(39,40)36(16-18-37)17-19-42-33-23-26(22-32(43-33)34(38)35-14-4-5-15-35)24-8-13-31-27(20-24)21-25-6-2-3-7-30(25)31/h2-3,6-13,20,22,26,33,37H,4-5,14-19,21,23H2,1H3/t26-,33+/m0/s1. The first-order chi connectivity index (χ1) is 21.4. The van der Waals surface area contributed by atoms with Crippen LogP contribution in [-0.2, 0) is 30.7 Å². The third-order valence-corrected chi connectivity index (χ3v) is 10.5. The first-order valence-electron chi connectivity index (χ1n) is 15.1. The van der Waals surface area contributed by atoms with E-state index in [-0.39, 0.29) is 48.8 Å². The van der Waals surface area contributed by atoms with Crippen LogP contribution in [0.2, 0.25) is 0 Å². The molecule has 1 aliphatic carbocycles. The number of methoxy groups -OCH3 is 1. The highest BCUT2D eigenvalue weighted by Crippen LogP contribution is 2.40. The van der Waals surface area contributed by atoms with Gasteiger partial charge in [-0.2, -0.15) is 4.31 Å². The first kappa shape index (κ1) is 30.3. The molecule has 3 aromatic carbocycles. The minimum atomic E-state index is -3.88. The summed E-state index contributed by atoms with van der Waals surface area (Å²) in [7, 11) is -2.37. The van der Waals surface area contributed by atoms with Crippen molar-refractivity contribution < 1.29 is 32.5 Å². The van der Waals surface area contributed by atoms with Gasteiger partial charge in [0.1, 0.15) is 5.75 Å². The third-order valence-electron chi connectivity index (χ3n) is 8.60. The van der Waals surface area contributed by atoms with Crippen molar-refractivity contribution in [2.24, 2.45) is 0 Å². The summed E-state index contributed by atoms with van der Waals surface area (Å²) in [6, 6.07) is 21.1. The van der Waals surface area contributed by atoms with E-state index in [9.17, 15) is 18.3 Å². The highest BCUT2D eigenvalue weighted by molar-refractivity contribution is 7.89. The van der Waals surface area contributed by atoms with Crippen LogP contribution in [0.5, 0.6) is 5.75 Å². The molecule has 1 saturated heterocycles. The van der Waals surface area contributed by atoms with Crippen LogP contribution in [0, 0.1) is 0 Å². The highest BCUT2D eigenvalue weighted by atomic mass is 32.2. The van der Waals surface area contributed by atoms with Crippen LogP contribution >= 0.6 is 0 Å². The lowest BCUT2D eigenvalue weighted by Gasteiger charge is -2.31. The molecule has 0 radical (unpaired) electrons. The van der Waals surface area contributed by atoms with Crippen LogP contribution in [0.3, 0.4) is 0 Å². The number of fused-ring (bicyclic) bond motifs is 3. The van der Waals surface area contributed by atoms with E-state index in [4.69, 9.17) is 14.2 Å². The number of hydrogen-bond acceptors (Lipinski definition) is 7. The molecule has 232 valence electrons. The summed E-state index contributed by atoms with van der Waals surface area (Å²) in [4.78, 5) is 15.3. The molecule has 9 nitrogen and oxygen atoms in total. The zero-order valence-electron chi connectivity index (χ0n) is 24.9. The number of aliphatic hydroxyl groups excluding tert-OH is 1. The number of amides is 1. The Bertz CT molecular complexity index is 1630. The largest absolute Gasteiger partial charge is 0.497 e. The summed E-state index contributed by atoms with van der Waals surface area (Å²) in [6.45, 7) is 1.02. The van der Waals surface area contributed by atoms with E-state index in [2.05, 4.69) is 42.5 Å². The number of hydrogen-bond donors (Lipinski definition) is 1. The molecule has 2 atom stereocenters. The zero-order chi connectivity index (χ0) is 30.7. The molecule has 1 amide bonds. The van der Waals surface area contributed by atoms with Gasteiger partial charge < -0.3 is 24.2 Å². The fraction of sp³-hybridized carbons (Fsp3) is 0.382. The van der Waals surface area contributed by atoms with E-state index in [1.165, 1.54) is 45.8 Å². The molecule has 0 unspecified atom stereocenters. The molecule has 0 spiro atoms. The number of ether oxygens (including phenoxy) is 3. The first-order valence-corrected chi connectivity index (χ1v) is 16.6. The van der Waals surface area contributed by atoms with Crippen LogP contribution in [0.25, 0.3) is 11.1 Å². The molecule has 44 heavy (non-hydrogen) atoms. The second-order valence-corrected chi connectivity index (χ2v) is 13.3. The Morgan fingerprint density at radius 2 is 1.75 bits per heavy atom. The van der Waals surface area contributed by atoms with Gasteiger partial charge in [-0.25, -0.2) is 8.42 Å². The van der Waals surface area contributed by atoms with Crippen molar-refractivity contribution in [2.75, 3.05) is 46.5 Å². The van der Waals surface area contributed by atoms with Crippen LogP contribution < -0.4 is 4.74 Å². The average Bonchev–Trinajstić information content (AvgIpc) is 3.72. The van der Waals surface area contributed by atoms with E-state index < -0.39 is 16.3 Å². The van der Waals surface area contributed by atoms with Gasteiger partial charge in [-0.05, 0) is 77.4 Å². The van der Waals surface area contributed by atoms with Gasteiger partial charge in [0.05, 0.1) is 25.2 Å². The number of rotatable bonds is 11. The van der Waals surface area contributed by atoms with Gasteiger partial charge in [0.25, 0.3) is 5.91 Å². The summed E-state index contributed by atoms with van der Waals surface area (Å²) in [5, 5.41) is 9.62. The Hall–Kier alpha value is -3.70. The minimum Gasteiger partial charge on any atom is -0.497 e. The molecule has 3 aliphatic rings. The zero-order valence-corrected chi connectivity index (χ0v) is 25.7. The Morgan fingerprint density at radius 3 is 2.50 bits per heavy atom. The lowest BCUT2D eigenvalue weighted by molar-refractivity contribution is -0.152. The smallest absolute Gasteiger partial charge is 0.288 e. The highest BCUT2D eigenvalue weighted by Gasteiger charge is 2.33. The quantitative estimate of drug-likeness (QED) is 0.267. The number of nitrogens with zero attached hydrogens (tertiary/aromatic N) is 2. The molecule has 2 heterocycles. The molecular formula is C34H38N2O7S. The predicted octanol–water partition coefficient (Wildman–Crippen LogP) is 4.30. The molecule has 1 fully saturated rings. The Morgan fingerprint density at radius 1 is 1.00 bits per heavy atom. The van der Waals surface area contributed by atoms with Crippen molar-refractivity contribution in [1.82, 2.24) is 9.21 Å². The fourth-order valence-corrected chi connectivity index (χ4v) is 7.68. The van der Waals surface area contributed by atoms with Crippen molar-refractivity contribution in [1.29, 1.82) is 0 Å². The van der Waals surface area contributed by atoms with Gasteiger partial charge in [0.15, 0.2) is 5.76 Å². The Kier molecular flexibility index (Phi) is 9.04. The maximum atomic E-state index is 13.4. The molecule has 0 saturated carbocycles. The number of sulfonamides is 1. The lowest BCUT2D eigenvalue weighted by Crippen LogP contribution is -2.38. The van der Waals surface area contributed by atoms with Crippen LogP contribution in [0.15, 0.2) is 83.5 Å². The summed E-state index contributed by atoms with van der Waals surface area (Å²) < 4.78 is 45.2. The maximum Gasteiger partial charge on any atom is 0.288 e. The van der Waals surface area contributed by atoms with Gasteiger partial charge in [-0.3, -0.25) is 4.79 Å².